The number of aliphatic imine (C=N–C) groups is 1. The molecule has 0 fully saturated rings. The van der Waals surface area contributed by atoms with Gasteiger partial charge in [-0.3, -0.25) is 4.99 Å². The average molecular weight is 394 g/mol. The van der Waals surface area contributed by atoms with Gasteiger partial charge in [0.2, 0.25) is 5.89 Å². The van der Waals surface area contributed by atoms with Crippen LogP contribution < -0.4 is 15.4 Å². The third-order valence-electron chi connectivity index (χ3n) is 4.75. The molecule has 1 unspecified atom stereocenters. The molecule has 0 bridgehead atoms. The van der Waals surface area contributed by atoms with E-state index in [4.69, 9.17) is 9.15 Å². The van der Waals surface area contributed by atoms with Crippen LogP contribution in [0.25, 0.3) is 11.5 Å². The Hall–Kier alpha value is -3.35. The molecule has 0 radical (unpaired) electrons. The third kappa shape index (κ3) is 4.74. The van der Waals surface area contributed by atoms with Gasteiger partial charge in [0.1, 0.15) is 23.9 Å². The molecule has 0 saturated heterocycles. The summed E-state index contributed by atoms with van der Waals surface area (Å²) < 4.78 is 24.5. The Bertz CT molecular complexity index is 959. The normalized spacial score (nSPS) is 15.7. The third-order valence-corrected chi connectivity index (χ3v) is 4.75. The van der Waals surface area contributed by atoms with E-state index in [1.807, 2.05) is 18.2 Å². The number of hydrogen-bond acceptors (Lipinski definition) is 4. The maximum Gasteiger partial charge on any atom is 0.226 e. The van der Waals surface area contributed by atoms with Crippen molar-refractivity contribution in [2.45, 2.75) is 18.9 Å². The number of benzene rings is 2. The average Bonchev–Trinajstić information content (AvgIpc) is 3.38. The monoisotopic (exact) mass is 394 g/mol. The zero-order valence-electron chi connectivity index (χ0n) is 16.2. The molecule has 1 aromatic heterocycles. The van der Waals surface area contributed by atoms with Crippen LogP contribution in [0.5, 0.6) is 5.75 Å². The Morgan fingerprint density at radius 3 is 2.79 bits per heavy atom. The highest BCUT2D eigenvalue weighted by molar-refractivity contribution is 5.79. The first-order valence-electron chi connectivity index (χ1n) is 9.60. The van der Waals surface area contributed by atoms with E-state index in [0.29, 0.717) is 31.4 Å². The molecule has 0 spiro atoms. The smallest absolute Gasteiger partial charge is 0.226 e. The Morgan fingerprint density at radius 2 is 2.00 bits per heavy atom. The molecule has 4 rings (SSSR count). The Balaban J connectivity index is 1.22. The summed E-state index contributed by atoms with van der Waals surface area (Å²) in [5, 5.41) is 6.57. The lowest BCUT2D eigenvalue weighted by Crippen LogP contribution is -2.42. The zero-order valence-corrected chi connectivity index (χ0v) is 16.2. The number of rotatable bonds is 6. The SMILES string of the molecule is CN=C(NCCc1coc(-c2ccc(F)cc2)n1)NCC1Cc2ccccc2O1. The van der Waals surface area contributed by atoms with E-state index in [-0.39, 0.29) is 11.9 Å². The largest absolute Gasteiger partial charge is 0.488 e. The lowest BCUT2D eigenvalue weighted by Gasteiger charge is -2.15. The summed E-state index contributed by atoms with van der Waals surface area (Å²) in [7, 11) is 1.74. The van der Waals surface area contributed by atoms with Crippen LogP contribution in [-0.2, 0) is 12.8 Å². The van der Waals surface area contributed by atoms with Crippen molar-refractivity contribution < 1.29 is 13.5 Å². The van der Waals surface area contributed by atoms with Gasteiger partial charge in [0.05, 0.1) is 12.2 Å². The molecule has 150 valence electrons. The molecule has 2 aromatic carbocycles. The number of nitrogens with one attached hydrogen (secondary N) is 2. The van der Waals surface area contributed by atoms with E-state index >= 15 is 0 Å². The van der Waals surface area contributed by atoms with Crippen LogP contribution in [0.2, 0.25) is 0 Å². The summed E-state index contributed by atoms with van der Waals surface area (Å²) >= 11 is 0. The van der Waals surface area contributed by atoms with Crippen molar-refractivity contribution in [3.05, 3.63) is 71.9 Å². The Labute approximate surface area is 168 Å². The zero-order chi connectivity index (χ0) is 20.1. The van der Waals surface area contributed by atoms with Crippen molar-refractivity contribution >= 4 is 5.96 Å². The lowest BCUT2D eigenvalue weighted by atomic mass is 10.1. The van der Waals surface area contributed by atoms with Crippen molar-refractivity contribution in [3.8, 4) is 17.2 Å². The minimum Gasteiger partial charge on any atom is -0.488 e. The van der Waals surface area contributed by atoms with Gasteiger partial charge >= 0.3 is 0 Å². The minimum atomic E-state index is -0.282. The maximum atomic E-state index is 13.0. The fraction of sp³-hybridized carbons (Fsp3) is 0.273. The van der Waals surface area contributed by atoms with Gasteiger partial charge in [0, 0.05) is 32.0 Å². The van der Waals surface area contributed by atoms with Crippen LogP contribution in [0.15, 0.2) is 64.2 Å². The molecule has 6 nitrogen and oxygen atoms in total. The first kappa shape index (κ1) is 19.0. The van der Waals surface area contributed by atoms with E-state index in [2.05, 4.69) is 26.7 Å². The van der Waals surface area contributed by atoms with Crippen molar-refractivity contribution in [1.29, 1.82) is 0 Å². The second-order valence-electron chi connectivity index (χ2n) is 6.83. The van der Waals surface area contributed by atoms with E-state index in [1.54, 1.807) is 25.4 Å². The summed E-state index contributed by atoms with van der Waals surface area (Å²) in [4.78, 5) is 8.71. The second kappa shape index (κ2) is 8.77. The molecule has 29 heavy (non-hydrogen) atoms. The summed E-state index contributed by atoms with van der Waals surface area (Å²) in [6.07, 6.45) is 3.29. The number of ether oxygens (including phenoxy) is 1. The topological polar surface area (TPSA) is 71.7 Å². The van der Waals surface area contributed by atoms with Gasteiger partial charge in [-0.05, 0) is 35.9 Å². The summed E-state index contributed by atoms with van der Waals surface area (Å²) in [5.41, 5.74) is 2.81. The predicted molar refractivity (Wildman–Crippen MR) is 110 cm³/mol. The highest BCUT2D eigenvalue weighted by Crippen LogP contribution is 2.27. The van der Waals surface area contributed by atoms with Gasteiger partial charge in [0.15, 0.2) is 5.96 Å². The number of nitrogens with zero attached hydrogens (tertiary/aromatic N) is 2. The van der Waals surface area contributed by atoms with Gasteiger partial charge in [-0.15, -0.1) is 0 Å². The summed E-state index contributed by atoms with van der Waals surface area (Å²) in [5.74, 6) is 1.88. The van der Waals surface area contributed by atoms with Gasteiger partial charge in [0.25, 0.3) is 0 Å². The second-order valence-corrected chi connectivity index (χ2v) is 6.83. The van der Waals surface area contributed by atoms with Crippen molar-refractivity contribution in [2.75, 3.05) is 20.1 Å². The standard InChI is InChI=1S/C22H23FN4O2/c1-24-22(26-13-19-12-16-4-2-3-5-20(16)29-19)25-11-10-18-14-28-21(27-18)15-6-8-17(23)9-7-15/h2-9,14,19H,10-13H2,1H3,(H2,24,25,26). The van der Waals surface area contributed by atoms with Crippen molar-refractivity contribution in [3.63, 3.8) is 0 Å². The molecule has 2 N–H and O–H groups in total. The van der Waals surface area contributed by atoms with Gasteiger partial charge in [-0.25, -0.2) is 9.37 Å². The van der Waals surface area contributed by atoms with Crippen LogP contribution >= 0.6 is 0 Å². The van der Waals surface area contributed by atoms with Crippen LogP contribution in [-0.4, -0.2) is 37.2 Å². The number of guanidine groups is 1. The van der Waals surface area contributed by atoms with E-state index < -0.39 is 0 Å². The molecule has 3 aromatic rings. The van der Waals surface area contributed by atoms with Crippen LogP contribution in [0.1, 0.15) is 11.3 Å². The van der Waals surface area contributed by atoms with Crippen molar-refractivity contribution in [2.24, 2.45) is 4.99 Å². The number of halogens is 1. The summed E-state index contributed by atoms with van der Waals surface area (Å²) in [6, 6.07) is 14.2. The maximum absolute atomic E-state index is 13.0. The molecule has 0 amide bonds. The fourth-order valence-electron chi connectivity index (χ4n) is 3.25. The molecular formula is C22H23FN4O2. The summed E-state index contributed by atoms with van der Waals surface area (Å²) in [6.45, 7) is 1.33. The fourth-order valence-corrected chi connectivity index (χ4v) is 3.25. The van der Waals surface area contributed by atoms with Gasteiger partial charge in [-0.2, -0.15) is 0 Å². The van der Waals surface area contributed by atoms with E-state index in [0.717, 1.165) is 23.4 Å². The van der Waals surface area contributed by atoms with Crippen LogP contribution in [0.4, 0.5) is 4.39 Å². The highest BCUT2D eigenvalue weighted by Gasteiger charge is 2.22. The first-order chi connectivity index (χ1) is 14.2. The van der Waals surface area contributed by atoms with Gasteiger partial charge in [-0.1, -0.05) is 18.2 Å². The van der Waals surface area contributed by atoms with Crippen LogP contribution in [0, 0.1) is 5.82 Å². The highest BCUT2D eigenvalue weighted by atomic mass is 19.1. The van der Waals surface area contributed by atoms with Gasteiger partial charge < -0.3 is 19.8 Å². The molecule has 1 aliphatic rings. The Kier molecular flexibility index (Phi) is 5.74. The number of aromatic nitrogens is 1. The van der Waals surface area contributed by atoms with E-state index in [9.17, 15) is 4.39 Å². The number of hydrogen-bond donors (Lipinski definition) is 2. The predicted octanol–water partition coefficient (Wildman–Crippen LogP) is 3.19. The van der Waals surface area contributed by atoms with Crippen molar-refractivity contribution in [1.82, 2.24) is 15.6 Å². The molecule has 0 aliphatic carbocycles. The van der Waals surface area contributed by atoms with Crippen LogP contribution in [0.3, 0.4) is 0 Å². The molecular weight excluding hydrogens is 371 g/mol. The molecule has 7 heteroatoms. The molecule has 1 aliphatic heterocycles. The molecule has 2 heterocycles. The number of para-hydroxylation sites is 1. The molecule has 0 saturated carbocycles. The lowest BCUT2D eigenvalue weighted by molar-refractivity contribution is 0.235. The Morgan fingerprint density at radius 1 is 1.17 bits per heavy atom. The minimum absolute atomic E-state index is 0.0970. The molecule has 1 atom stereocenters. The number of fused-ring (bicyclic) bond motifs is 1. The first-order valence-corrected chi connectivity index (χ1v) is 9.60. The quantitative estimate of drug-likeness (QED) is 0.496. The van der Waals surface area contributed by atoms with E-state index in [1.165, 1.54) is 17.7 Å². The number of oxazole rings is 1.